The van der Waals surface area contributed by atoms with Crippen LogP contribution in [0.25, 0.3) is 0 Å². The molecule has 19 heavy (non-hydrogen) atoms. The van der Waals surface area contributed by atoms with Crippen LogP contribution in [-0.2, 0) is 9.53 Å². The quantitative estimate of drug-likeness (QED) is 0.448. The number of ether oxygens (including phenoxy) is 1. The van der Waals surface area contributed by atoms with E-state index in [2.05, 4.69) is 15.5 Å². The van der Waals surface area contributed by atoms with Gasteiger partial charge in [-0.15, -0.1) is 10.2 Å². The number of thioether (sulfide) groups is 2. The smallest absolute Gasteiger partial charge is 0.325 e. The fourth-order valence-electron chi connectivity index (χ4n) is 1.48. The predicted octanol–water partition coefficient (Wildman–Crippen LogP) is 2.28. The lowest BCUT2D eigenvalue weighted by Crippen LogP contribution is -2.48. The Bertz CT molecular complexity index is 414. The van der Waals surface area contributed by atoms with Gasteiger partial charge in [0.05, 0.1) is 7.11 Å². The van der Waals surface area contributed by atoms with Gasteiger partial charge in [0.25, 0.3) is 0 Å². The fourth-order valence-corrected chi connectivity index (χ4v) is 3.93. The van der Waals surface area contributed by atoms with E-state index < -0.39 is 5.54 Å². The second-order valence-corrected chi connectivity index (χ2v) is 7.44. The van der Waals surface area contributed by atoms with Crippen LogP contribution in [0.1, 0.15) is 19.8 Å². The van der Waals surface area contributed by atoms with Crippen molar-refractivity contribution in [1.29, 1.82) is 0 Å². The Labute approximate surface area is 126 Å². The van der Waals surface area contributed by atoms with Crippen LogP contribution in [0.2, 0.25) is 0 Å². The summed E-state index contributed by atoms with van der Waals surface area (Å²) in [6.07, 6.45) is 3.63. The van der Waals surface area contributed by atoms with Gasteiger partial charge in [0, 0.05) is 5.75 Å². The van der Waals surface area contributed by atoms with Crippen LogP contribution in [0.4, 0.5) is 0 Å². The lowest BCUT2D eigenvalue weighted by Gasteiger charge is -2.25. The third-order valence-electron chi connectivity index (χ3n) is 2.80. The largest absolute Gasteiger partial charge is 0.468 e. The molecule has 0 aromatic carbocycles. The van der Waals surface area contributed by atoms with E-state index in [9.17, 15) is 4.79 Å². The van der Waals surface area contributed by atoms with Gasteiger partial charge in [-0.3, -0.25) is 4.79 Å². The molecule has 1 atom stereocenters. The molecule has 0 saturated carbocycles. The maximum Gasteiger partial charge on any atom is 0.325 e. The maximum atomic E-state index is 11.7. The van der Waals surface area contributed by atoms with Gasteiger partial charge in [0.15, 0.2) is 8.68 Å². The molecule has 0 aliphatic rings. The van der Waals surface area contributed by atoms with Crippen molar-refractivity contribution >= 4 is 40.8 Å². The van der Waals surface area contributed by atoms with Gasteiger partial charge < -0.3 is 10.1 Å². The first kappa shape index (κ1) is 16.7. The number of likely N-dealkylation sites (N-methyl/N-ethyl adjacent to an activating group) is 1. The number of rotatable bonds is 8. The van der Waals surface area contributed by atoms with E-state index in [-0.39, 0.29) is 5.97 Å². The second-order valence-electron chi connectivity index (χ2n) is 4.06. The van der Waals surface area contributed by atoms with E-state index in [1.165, 1.54) is 7.11 Å². The lowest BCUT2D eigenvalue weighted by atomic mass is 9.97. The fraction of sp³-hybridized carbons (Fsp3) is 0.727. The van der Waals surface area contributed by atoms with Crippen LogP contribution in [0.15, 0.2) is 8.68 Å². The summed E-state index contributed by atoms with van der Waals surface area (Å²) in [5.41, 5.74) is -0.610. The molecule has 0 radical (unpaired) electrons. The normalized spacial score (nSPS) is 14.1. The highest BCUT2D eigenvalue weighted by Gasteiger charge is 2.31. The first-order valence-electron chi connectivity index (χ1n) is 5.83. The Morgan fingerprint density at radius 3 is 2.68 bits per heavy atom. The van der Waals surface area contributed by atoms with Gasteiger partial charge in [-0.25, -0.2) is 0 Å². The molecular formula is C11H19N3O2S3. The van der Waals surface area contributed by atoms with Crippen molar-refractivity contribution in [3.05, 3.63) is 0 Å². The van der Waals surface area contributed by atoms with Crippen molar-refractivity contribution in [2.45, 2.75) is 34.0 Å². The van der Waals surface area contributed by atoms with E-state index in [0.717, 1.165) is 27.3 Å². The van der Waals surface area contributed by atoms with Crippen LogP contribution in [0.3, 0.4) is 0 Å². The Morgan fingerprint density at radius 1 is 1.47 bits per heavy atom. The highest BCUT2D eigenvalue weighted by molar-refractivity contribution is 8.02. The van der Waals surface area contributed by atoms with Crippen LogP contribution in [0.5, 0.6) is 0 Å². The van der Waals surface area contributed by atoms with Gasteiger partial charge in [-0.05, 0) is 33.1 Å². The number of hydrogen-bond acceptors (Lipinski definition) is 8. The summed E-state index contributed by atoms with van der Waals surface area (Å²) in [7, 11) is 3.19. The lowest BCUT2D eigenvalue weighted by molar-refractivity contribution is -0.148. The van der Waals surface area contributed by atoms with E-state index in [1.54, 1.807) is 41.9 Å². The molecule has 0 aliphatic carbocycles. The average Bonchev–Trinajstić information content (AvgIpc) is 2.90. The highest BCUT2D eigenvalue weighted by Crippen LogP contribution is 2.28. The van der Waals surface area contributed by atoms with Gasteiger partial charge in [-0.1, -0.05) is 34.9 Å². The number of carbonyl (C=O) groups excluding carboxylic acids is 1. The van der Waals surface area contributed by atoms with E-state index in [0.29, 0.717) is 0 Å². The molecule has 0 amide bonds. The number of methoxy groups -OCH3 is 1. The van der Waals surface area contributed by atoms with Crippen molar-refractivity contribution in [2.24, 2.45) is 0 Å². The molecule has 0 bridgehead atoms. The topological polar surface area (TPSA) is 64.1 Å². The van der Waals surface area contributed by atoms with Crippen molar-refractivity contribution in [1.82, 2.24) is 15.5 Å². The van der Waals surface area contributed by atoms with Crippen molar-refractivity contribution in [2.75, 3.05) is 26.2 Å². The van der Waals surface area contributed by atoms with Crippen LogP contribution >= 0.6 is 34.9 Å². The Balaban J connectivity index is 2.35. The summed E-state index contributed by atoms with van der Waals surface area (Å²) in [6.45, 7) is 1.86. The van der Waals surface area contributed by atoms with Crippen LogP contribution < -0.4 is 5.32 Å². The number of hydrogen-bond donors (Lipinski definition) is 1. The second kappa shape index (κ2) is 8.08. The predicted molar refractivity (Wildman–Crippen MR) is 81.1 cm³/mol. The first-order valence-corrected chi connectivity index (χ1v) is 8.86. The summed E-state index contributed by atoms with van der Waals surface area (Å²) in [5, 5.41) is 11.2. The van der Waals surface area contributed by atoms with Crippen molar-refractivity contribution < 1.29 is 9.53 Å². The molecular weight excluding hydrogens is 302 g/mol. The minimum atomic E-state index is -0.610. The number of nitrogens with one attached hydrogen (secondary N) is 1. The number of esters is 1. The average molecular weight is 321 g/mol. The molecule has 0 spiro atoms. The van der Waals surface area contributed by atoms with E-state index in [1.807, 2.05) is 13.2 Å². The highest BCUT2D eigenvalue weighted by atomic mass is 32.2. The molecule has 0 fully saturated rings. The minimum absolute atomic E-state index is 0.222. The SMILES string of the molecule is CNC(C)(CCCSc1nnc(SC)s1)C(=O)OC. The van der Waals surface area contributed by atoms with Gasteiger partial charge in [-0.2, -0.15) is 0 Å². The van der Waals surface area contributed by atoms with Crippen LogP contribution in [0, 0.1) is 0 Å². The minimum Gasteiger partial charge on any atom is -0.468 e. The summed E-state index contributed by atoms with van der Waals surface area (Å²) < 4.78 is 6.77. The summed E-state index contributed by atoms with van der Waals surface area (Å²) in [6, 6.07) is 0. The van der Waals surface area contributed by atoms with E-state index in [4.69, 9.17) is 4.74 Å². The number of aromatic nitrogens is 2. The third-order valence-corrected chi connectivity index (χ3v) is 5.92. The molecule has 0 saturated heterocycles. The monoisotopic (exact) mass is 321 g/mol. The molecule has 1 aromatic heterocycles. The Morgan fingerprint density at radius 2 is 2.16 bits per heavy atom. The van der Waals surface area contributed by atoms with Gasteiger partial charge in [0.2, 0.25) is 0 Å². The van der Waals surface area contributed by atoms with Crippen molar-refractivity contribution in [3.8, 4) is 0 Å². The molecule has 1 heterocycles. The molecule has 8 heteroatoms. The molecule has 5 nitrogen and oxygen atoms in total. The third kappa shape index (κ3) is 4.94. The van der Waals surface area contributed by atoms with Crippen LogP contribution in [-0.4, -0.2) is 47.9 Å². The molecule has 1 N–H and O–H groups in total. The zero-order valence-electron chi connectivity index (χ0n) is 11.6. The van der Waals surface area contributed by atoms with Gasteiger partial charge in [0.1, 0.15) is 5.54 Å². The standard InChI is InChI=1S/C11H19N3O2S3/c1-11(12-2,8(15)16-3)6-5-7-18-10-14-13-9(17-4)19-10/h12H,5-7H2,1-4H3. The number of carbonyl (C=O) groups is 1. The van der Waals surface area contributed by atoms with Crippen molar-refractivity contribution in [3.63, 3.8) is 0 Å². The zero-order chi connectivity index (χ0) is 14.3. The molecule has 1 rings (SSSR count). The molecule has 0 aliphatic heterocycles. The molecule has 108 valence electrons. The zero-order valence-corrected chi connectivity index (χ0v) is 14.0. The maximum absolute atomic E-state index is 11.7. The molecule has 1 unspecified atom stereocenters. The summed E-state index contributed by atoms with van der Waals surface area (Å²) in [4.78, 5) is 11.7. The summed E-state index contributed by atoms with van der Waals surface area (Å²) >= 11 is 4.89. The van der Waals surface area contributed by atoms with E-state index >= 15 is 0 Å². The Kier molecular flexibility index (Phi) is 7.12. The summed E-state index contributed by atoms with van der Waals surface area (Å²) in [5.74, 6) is 0.692. The Hall–Kier alpha value is -0.310. The first-order chi connectivity index (χ1) is 9.05. The van der Waals surface area contributed by atoms with Gasteiger partial charge >= 0.3 is 5.97 Å². The molecule has 1 aromatic rings. The number of nitrogens with zero attached hydrogens (tertiary/aromatic N) is 2.